The first kappa shape index (κ1) is 14.9. The van der Waals surface area contributed by atoms with Gasteiger partial charge in [0.1, 0.15) is 0 Å². The molecule has 1 unspecified atom stereocenters. The van der Waals surface area contributed by atoms with Crippen LogP contribution in [0.5, 0.6) is 0 Å². The van der Waals surface area contributed by atoms with Gasteiger partial charge in [-0.15, -0.1) is 0 Å². The molecule has 7 heteroatoms. The molecule has 0 radical (unpaired) electrons. The highest BCUT2D eigenvalue weighted by Gasteiger charge is 2.45. The Morgan fingerprint density at radius 1 is 1.23 bits per heavy atom. The number of carbonyl (C=O) groups is 2. The monoisotopic (exact) mass is 307 g/mol. The van der Waals surface area contributed by atoms with Crippen LogP contribution in [0, 0.1) is 0 Å². The third-order valence-corrected chi connectivity index (χ3v) is 4.42. The Morgan fingerprint density at radius 3 is 2.59 bits per heavy atom. The molecular weight excluding hydrogens is 289 g/mol. The van der Waals surface area contributed by atoms with Crippen molar-refractivity contribution in [1.82, 2.24) is 15.2 Å². The second-order valence-electron chi connectivity index (χ2n) is 5.82. The number of imide groups is 1. The van der Waals surface area contributed by atoms with Crippen LogP contribution < -0.4 is 16.2 Å². The fourth-order valence-corrected chi connectivity index (χ4v) is 3.09. The predicted molar refractivity (Wildman–Crippen MR) is 77.0 cm³/mol. The fraction of sp³-hybridized carbons (Fsp3) is 0.533. The van der Waals surface area contributed by atoms with Gasteiger partial charge >= 0.3 is 0 Å². The van der Waals surface area contributed by atoms with Crippen molar-refractivity contribution < 1.29 is 14.0 Å². The van der Waals surface area contributed by atoms with Gasteiger partial charge in [-0.05, 0) is 32.0 Å². The molecule has 0 spiro atoms. The summed E-state index contributed by atoms with van der Waals surface area (Å²) < 4.78 is 16.5. The van der Waals surface area contributed by atoms with Gasteiger partial charge in [0.15, 0.2) is 0 Å². The second kappa shape index (κ2) is 5.64. The van der Waals surface area contributed by atoms with Crippen molar-refractivity contribution in [2.75, 3.05) is 13.1 Å². The van der Waals surface area contributed by atoms with Crippen LogP contribution in [0.15, 0.2) is 23.1 Å². The molecule has 22 heavy (non-hydrogen) atoms. The minimum absolute atomic E-state index is 0.0210. The smallest absolute Gasteiger partial charge is 0.268 e. The Labute approximate surface area is 126 Å². The van der Waals surface area contributed by atoms with Crippen molar-refractivity contribution >= 4 is 11.8 Å². The molecule has 0 aliphatic carbocycles. The Kier molecular flexibility index (Phi) is 3.82. The molecule has 118 valence electrons. The van der Waals surface area contributed by atoms with Crippen LogP contribution in [0.2, 0.25) is 0 Å². The third-order valence-electron chi connectivity index (χ3n) is 4.42. The zero-order valence-corrected chi connectivity index (χ0v) is 12.1. The standard InChI is InChI=1S/C15H18FN3O3/c16-15(5-1-12(20)18-14(15)22)10-4-8-19(13(21)9-10)11-2-6-17-7-3-11/h4,8-9,11,17H,1-3,5-7H2,(H,18,20,22). The van der Waals surface area contributed by atoms with Crippen LogP contribution in [0.4, 0.5) is 4.39 Å². The lowest BCUT2D eigenvalue weighted by molar-refractivity contribution is -0.144. The SMILES string of the molecule is O=C1CCC(F)(c2ccn(C3CCNCC3)c(=O)c2)C(=O)N1. The van der Waals surface area contributed by atoms with Gasteiger partial charge in [-0.2, -0.15) is 0 Å². The van der Waals surface area contributed by atoms with Gasteiger partial charge in [0.25, 0.3) is 11.5 Å². The van der Waals surface area contributed by atoms with Crippen LogP contribution in [0.25, 0.3) is 0 Å². The number of amides is 2. The molecule has 1 aromatic rings. The maximum Gasteiger partial charge on any atom is 0.268 e. The summed E-state index contributed by atoms with van der Waals surface area (Å²) in [5, 5.41) is 5.22. The van der Waals surface area contributed by atoms with E-state index in [4.69, 9.17) is 0 Å². The number of hydrogen-bond acceptors (Lipinski definition) is 4. The summed E-state index contributed by atoms with van der Waals surface area (Å²) in [6.07, 6.45) is 2.94. The Hall–Kier alpha value is -2.02. The van der Waals surface area contributed by atoms with E-state index in [9.17, 15) is 18.8 Å². The van der Waals surface area contributed by atoms with Gasteiger partial charge in [-0.25, -0.2) is 4.39 Å². The third kappa shape index (κ3) is 2.56. The van der Waals surface area contributed by atoms with Crippen molar-refractivity contribution in [2.45, 2.75) is 37.4 Å². The van der Waals surface area contributed by atoms with Crippen molar-refractivity contribution in [3.8, 4) is 0 Å². The number of halogens is 1. The van der Waals surface area contributed by atoms with Crippen LogP contribution in [0.3, 0.4) is 0 Å². The lowest BCUT2D eigenvalue weighted by Gasteiger charge is -2.29. The van der Waals surface area contributed by atoms with Crippen LogP contribution in [0.1, 0.15) is 37.3 Å². The predicted octanol–water partition coefficient (Wildman–Crippen LogP) is 0.374. The zero-order chi connectivity index (χ0) is 15.7. The topological polar surface area (TPSA) is 80.2 Å². The maximum absolute atomic E-state index is 14.9. The Bertz CT molecular complexity index is 666. The number of aromatic nitrogens is 1. The highest BCUT2D eigenvalue weighted by molar-refractivity contribution is 6.02. The summed E-state index contributed by atoms with van der Waals surface area (Å²) in [7, 11) is 0. The van der Waals surface area contributed by atoms with Crippen LogP contribution in [-0.2, 0) is 15.3 Å². The van der Waals surface area contributed by atoms with Gasteiger partial charge in [-0.3, -0.25) is 19.7 Å². The quantitative estimate of drug-likeness (QED) is 0.774. The highest BCUT2D eigenvalue weighted by Crippen LogP contribution is 2.33. The number of rotatable bonds is 2. The van der Waals surface area contributed by atoms with E-state index >= 15 is 0 Å². The van der Waals surface area contributed by atoms with Crippen molar-refractivity contribution in [1.29, 1.82) is 0 Å². The number of pyridine rings is 1. The van der Waals surface area contributed by atoms with Crippen LogP contribution in [-0.4, -0.2) is 29.5 Å². The lowest BCUT2D eigenvalue weighted by atomic mass is 9.88. The van der Waals surface area contributed by atoms with E-state index in [2.05, 4.69) is 5.32 Å². The molecule has 2 saturated heterocycles. The first-order valence-electron chi connectivity index (χ1n) is 7.47. The number of carbonyl (C=O) groups excluding carboxylic acids is 2. The summed E-state index contributed by atoms with van der Waals surface area (Å²) >= 11 is 0. The van der Waals surface area contributed by atoms with E-state index in [0.717, 1.165) is 25.9 Å². The van der Waals surface area contributed by atoms with E-state index < -0.39 is 17.5 Å². The molecule has 0 aromatic carbocycles. The van der Waals surface area contributed by atoms with Gasteiger partial charge < -0.3 is 9.88 Å². The normalized spacial score (nSPS) is 26.8. The van der Waals surface area contributed by atoms with Crippen LogP contribution >= 0.6 is 0 Å². The molecule has 3 rings (SSSR count). The lowest BCUT2D eigenvalue weighted by Crippen LogP contribution is -2.49. The minimum Gasteiger partial charge on any atom is -0.317 e. The maximum atomic E-state index is 14.9. The van der Waals surface area contributed by atoms with Crippen molar-refractivity contribution in [2.24, 2.45) is 0 Å². The van der Waals surface area contributed by atoms with Gasteiger partial charge in [0.2, 0.25) is 11.6 Å². The summed E-state index contributed by atoms with van der Waals surface area (Å²) in [6.45, 7) is 1.69. The highest BCUT2D eigenvalue weighted by atomic mass is 19.1. The number of nitrogens with one attached hydrogen (secondary N) is 2. The molecule has 0 bridgehead atoms. The molecule has 6 nitrogen and oxygen atoms in total. The molecular formula is C15H18FN3O3. The Balaban J connectivity index is 1.89. The summed E-state index contributed by atoms with van der Waals surface area (Å²) in [5.41, 5.74) is -2.60. The minimum atomic E-state index is -2.31. The number of nitrogens with zero attached hydrogens (tertiary/aromatic N) is 1. The first-order valence-corrected chi connectivity index (χ1v) is 7.47. The van der Waals surface area contributed by atoms with E-state index in [1.807, 2.05) is 5.32 Å². The summed E-state index contributed by atoms with van der Waals surface area (Å²) in [6, 6.07) is 2.75. The molecule has 0 saturated carbocycles. The summed E-state index contributed by atoms with van der Waals surface area (Å²) in [5.74, 6) is -1.47. The molecule has 2 N–H and O–H groups in total. The van der Waals surface area contributed by atoms with E-state index in [1.54, 1.807) is 10.8 Å². The number of piperidine rings is 2. The average Bonchev–Trinajstić information content (AvgIpc) is 2.52. The molecule has 3 heterocycles. The molecule has 2 aliphatic rings. The Morgan fingerprint density at radius 2 is 1.95 bits per heavy atom. The van der Waals surface area contributed by atoms with E-state index in [-0.39, 0.29) is 30.0 Å². The average molecular weight is 307 g/mol. The van der Waals surface area contributed by atoms with Crippen molar-refractivity contribution in [3.63, 3.8) is 0 Å². The largest absolute Gasteiger partial charge is 0.317 e. The van der Waals surface area contributed by atoms with Gasteiger partial charge in [0, 0.05) is 36.7 Å². The zero-order valence-electron chi connectivity index (χ0n) is 12.1. The first-order chi connectivity index (χ1) is 10.5. The van der Waals surface area contributed by atoms with Gasteiger partial charge in [0.05, 0.1) is 0 Å². The summed E-state index contributed by atoms with van der Waals surface area (Å²) in [4.78, 5) is 35.2. The number of hydrogen-bond donors (Lipinski definition) is 2. The van der Waals surface area contributed by atoms with Crippen molar-refractivity contribution in [3.05, 3.63) is 34.2 Å². The van der Waals surface area contributed by atoms with E-state index in [1.165, 1.54) is 12.1 Å². The molecule has 1 aromatic heterocycles. The second-order valence-corrected chi connectivity index (χ2v) is 5.82. The molecule has 2 aliphatic heterocycles. The molecule has 1 atom stereocenters. The molecule has 2 fully saturated rings. The fourth-order valence-electron chi connectivity index (χ4n) is 3.09. The molecule has 2 amide bonds. The van der Waals surface area contributed by atoms with Gasteiger partial charge in [-0.1, -0.05) is 0 Å². The number of alkyl halides is 1. The van der Waals surface area contributed by atoms with E-state index in [0.29, 0.717) is 0 Å².